The van der Waals surface area contributed by atoms with Crippen LogP contribution in [0.2, 0.25) is 0 Å². The summed E-state index contributed by atoms with van der Waals surface area (Å²) in [7, 11) is 0. The number of benzene rings is 2. The summed E-state index contributed by atoms with van der Waals surface area (Å²) in [5.41, 5.74) is 1.75. The molecule has 1 aromatic heterocycles. The highest BCUT2D eigenvalue weighted by Gasteiger charge is 2.20. The Kier molecular flexibility index (Phi) is 6.71. The lowest BCUT2D eigenvalue weighted by atomic mass is 10.2. The lowest BCUT2D eigenvalue weighted by Gasteiger charge is -2.13. The monoisotopic (exact) mass is 396 g/mol. The molecule has 3 aromatic rings. The van der Waals surface area contributed by atoms with Crippen molar-refractivity contribution in [2.24, 2.45) is 0 Å². The average molecular weight is 397 g/mol. The van der Waals surface area contributed by atoms with E-state index in [1.165, 1.54) is 11.8 Å². The van der Waals surface area contributed by atoms with Gasteiger partial charge < -0.3 is 14.6 Å². The Labute approximate surface area is 169 Å². The largest absolute Gasteiger partial charge is 0.494 e. The molecule has 1 N–H and O–H groups in total. The van der Waals surface area contributed by atoms with E-state index < -0.39 is 0 Å². The van der Waals surface area contributed by atoms with Gasteiger partial charge in [-0.3, -0.25) is 4.79 Å². The maximum Gasteiger partial charge on any atom is 0.237 e. The van der Waals surface area contributed by atoms with E-state index in [0.29, 0.717) is 6.61 Å². The summed E-state index contributed by atoms with van der Waals surface area (Å²) in [5.74, 6) is 1.51. The molecule has 1 unspecified atom stereocenters. The standard InChI is InChI=1S/C21H24N4O2S/c1-4-25-19(16-9-7-6-8-10-16)23-24-21(25)28-15(3)20(26)22-17-11-13-18(14-12-17)27-5-2/h6-15H,4-5H2,1-3H3,(H,22,26). The topological polar surface area (TPSA) is 69.0 Å². The first-order chi connectivity index (χ1) is 13.6. The smallest absolute Gasteiger partial charge is 0.237 e. The maximum atomic E-state index is 12.6. The number of nitrogens with one attached hydrogen (secondary N) is 1. The van der Waals surface area contributed by atoms with Gasteiger partial charge in [0.1, 0.15) is 5.75 Å². The molecule has 6 nitrogen and oxygen atoms in total. The molecule has 0 aliphatic rings. The fourth-order valence-corrected chi connectivity index (χ4v) is 3.63. The Hall–Kier alpha value is -2.80. The molecule has 0 saturated heterocycles. The Balaban J connectivity index is 1.68. The predicted octanol–water partition coefficient (Wildman–Crippen LogP) is 4.48. The normalized spacial score (nSPS) is 11.8. The van der Waals surface area contributed by atoms with Gasteiger partial charge in [-0.05, 0) is 45.0 Å². The molecule has 1 atom stereocenters. The molecular formula is C21H24N4O2S. The number of thioether (sulfide) groups is 1. The second-order valence-corrected chi connectivity index (χ2v) is 7.43. The minimum absolute atomic E-state index is 0.0823. The van der Waals surface area contributed by atoms with Crippen molar-refractivity contribution in [2.45, 2.75) is 37.7 Å². The van der Waals surface area contributed by atoms with E-state index >= 15 is 0 Å². The van der Waals surface area contributed by atoms with Crippen molar-refractivity contribution in [3.8, 4) is 17.1 Å². The molecule has 0 saturated carbocycles. The van der Waals surface area contributed by atoms with Crippen LogP contribution in [-0.4, -0.2) is 32.5 Å². The Morgan fingerprint density at radius 1 is 1.11 bits per heavy atom. The highest BCUT2D eigenvalue weighted by atomic mass is 32.2. The zero-order valence-electron chi connectivity index (χ0n) is 16.3. The Morgan fingerprint density at radius 3 is 2.46 bits per heavy atom. The van der Waals surface area contributed by atoms with E-state index in [-0.39, 0.29) is 11.2 Å². The van der Waals surface area contributed by atoms with Gasteiger partial charge in [0.15, 0.2) is 11.0 Å². The summed E-state index contributed by atoms with van der Waals surface area (Å²) in [4.78, 5) is 12.6. The van der Waals surface area contributed by atoms with Crippen LogP contribution in [0.25, 0.3) is 11.4 Å². The van der Waals surface area contributed by atoms with Crippen molar-refractivity contribution in [2.75, 3.05) is 11.9 Å². The van der Waals surface area contributed by atoms with E-state index in [2.05, 4.69) is 15.5 Å². The van der Waals surface area contributed by atoms with Crippen molar-refractivity contribution < 1.29 is 9.53 Å². The van der Waals surface area contributed by atoms with Crippen molar-refractivity contribution in [3.05, 3.63) is 54.6 Å². The van der Waals surface area contributed by atoms with Gasteiger partial charge in [0.05, 0.1) is 11.9 Å². The van der Waals surface area contributed by atoms with Crippen molar-refractivity contribution in [3.63, 3.8) is 0 Å². The first-order valence-electron chi connectivity index (χ1n) is 9.31. The van der Waals surface area contributed by atoms with Crippen LogP contribution in [0.4, 0.5) is 5.69 Å². The zero-order chi connectivity index (χ0) is 19.9. The molecule has 0 spiro atoms. The maximum absolute atomic E-state index is 12.6. The quantitative estimate of drug-likeness (QED) is 0.569. The summed E-state index contributed by atoms with van der Waals surface area (Å²) in [6, 6.07) is 17.3. The molecule has 0 aliphatic heterocycles. The van der Waals surface area contributed by atoms with E-state index in [0.717, 1.165) is 34.5 Å². The van der Waals surface area contributed by atoms with E-state index in [4.69, 9.17) is 4.74 Å². The van der Waals surface area contributed by atoms with E-state index in [9.17, 15) is 4.79 Å². The number of carbonyl (C=O) groups is 1. The summed E-state index contributed by atoms with van der Waals surface area (Å²) in [6.07, 6.45) is 0. The number of anilines is 1. The molecule has 1 heterocycles. The SMILES string of the molecule is CCOc1ccc(NC(=O)C(C)Sc2nnc(-c3ccccc3)n2CC)cc1. The molecule has 28 heavy (non-hydrogen) atoms. The summed E-state index contributed by atoms with van der Waals surface area (Å²) in [6.45, 7) is 7.19. The van der Waals surface area contributed by atoms with Gasteiger partial charge in [-0.15, -0.1) is 10.2 Å². The third-order valence-corrected chi connectivity index (χ3v) is 5.23. The summed E-state index contributed by atoms with van der Waals surface area (Å²) >= 11 is 1.40. The minimum Gasteiger partial charge on any atom is -0.494 e. The van der Waals surface area contributed by atoms with Crippen molar-refractivity contribution >= 4 is 23.4 Å². The van der Waals surface area contributed by atoms with Crippen LogP contribution >= 0.6 is 11.8 Å². The van der Waals surface area contributed by atoms with Crippen LogP contribution in [-0.2, 0) is 11.3 Å². The molecule has 7 heteroatoms. The summed E-state index contributed by atoms with van der Waals surface area (Å²) < 4.78 is 7.45. The number of nitrogens with zero attached hydrogens (tertiary/aromatic N) is 3. The number of hydrogen-bond acceptors (Lipinski definition) is 5. The third-order valence-electron chi connectivity index (χ3n) is 4.15. The van der Waals surface area contributed by atoms with Gasteiger partial charge in [-0.1, -0.05) is 42.1 Å². The van der Waals surface area contributed by atoms with Crippen LogP contribution in [0.1, 0.15) is 20.8 Å². The molecule has 0 bridgehead atoms. The molecule has 3 rings (SSSR count). The highest BCUT2D eigenvalue weighted by Crippen LogP contribution is 2.27. The van der Waals surface area contributed by atoms with Crippen molar-refractivity contribution in [1.29, 1.82) is 0 Å². The molecule has 1 amide bonds. The highest BCUT2D eigenvalue weighted by molar-refractivity contribution is 8.00. The van der Waals surface area contributed by atoms with Gasteiger partial charge in [0.25, 0.3) is 0 Å². The number of amides is 1. The number of hydrogen-bond donors (Lipinski definition) is 1. The molecule has 146 valence electrons. The van der Waals surface area contributed by atoms with Gasteiger partial charge in [-0.25, -0.2) is 0 Å². The number of ether oxygens (including phenoxy) is 1. The second-order valence-electron chi connectivity index (χ2n) is 6.12. The van der Waals surface area contributed by atoms with Crippen LogP contribution in [0.15, 0.2) is 59.8 Å². The second kappa shape index (κ2) is 9.41. The van der Waals surface area contributed by atoms with Crippen LogP contribution < -0.4 is 10.1 Å². The predicted molar refractivity (Wildman–Crippen MR) is 113 cm³/mol. The molecule has 0 aliphatic carbocycles. The van der Waals surface area contributed by atoms with Gasteiger partial charge >= 0.3 is 0 Å². The van der Waals surface area contributed by atoms with Gasteiger partial charge in [0, 0.05) is 17.8 Å². The number of rotatable bonds is 8. The van der Waals surface area contributed by atoms with E-state index in [1.807, 2.05) is 79.9 Å². The minimum atomic E-state index is -0.315. The van der Waals surface area contributed by atoms with Gasteiger partial charge in [-0.2, -0.15) is 0 Å². The van der Waals surface area contributed by atoms with Crippen LogP contribution in [0.3, 0.4) is 0 Å². The van der Waals surface area contributed by atoms with Crippen molar-refractivity contribution in [1.82, 2.24) is 14.8 Å². The fraction of sp³-hybridized carbons (Fsp3) is 0.286. The number of carbonyl (C=O) groups excluding carboxylic acids is 1. The Bertz CT molecular complexity index is 910. The van der Waals surface area contributed by atoms with E-state index in [1.54, 1.807) is 0 Å². The molecule has 2 aromatic carbocycles. The first-order valence-corrected chi connectivity index (χ1v) is 10.2. The number of aromatic nitrogens is 3. The van der Waals surface area contributed by atoms with Crippen LogP contribution in [0, 0.1) is 0 Å². The molecule has 0 fully saturated rings. The zero-order valence-corrected chi connectivity index (χ0v) is 17.1. The van der Waals surface area contributed by atoms with Gasteiger partial charge in [0.2, 0.25) is 5.91 Å². The lowest BCUT2D eigenvalue weighted by molar-refractivity contribution is -0.115. The molecular weight excluding hydrogens is 372 g/mol. The Morgan fingerprint density at radius 2 is 1.82 bits per heavy atom. The third kappa shape index (κ3) is 4.72. The first kappa shape index (κ1) is 19.9. The fourth-order valence-electron chi connectivity index (χ4n) is 2.72. The van der Waals surface area contributed by atoms with Crippen LogP contribution in [0.5, 0.6) is 5.75 Å². The summed E-state index contributed by atoms with van der Waals surface area (Å²) in [5, 5.41) is 12.0. The molecule has 0 radical (unpaired) electrons. The average Bonchev–Trinajstić information content (AvgIpc) is 3.12. The lowest BCUT2D eigenvalue weighted by Crippen LogP contribution is -2.22.